The summed E-state index contributed by atoms with van der Waals surface area (Å²) in [5, 5.41) is 4.19. The van der Waals surface area contributed by atoms with Crippen LogP contribution in [-0.4, -0.2) is 71.0 Å². The van der Waals surface area contributed by atoms with Gasteiger partial charge in [-0.25, -0.2) is 10.0 Å². The van der Waals surface area contributed by atoms with Crippen molar-refractivity contribution < 1.29 is 9.59 Å². The molecule has 7 heteroatoms. The van der Waals surface area contributed by atoms with Crippen LogP contribution in [-0.2, 0) is 16.1 Å². The zero-order valence-corrected chi connectivity index (χ0v) is 24.0. The number of hydrogen-bond donors (Lipinski definition) is 1. The first-order valence-electron chi connectivity index (χ1n) is 13.6. The normalized spacial score (nSPS) is 18.1. The summed E-state index contributed by atoms with van der Waals surface area (Å²) in [6.45, 7) is 19.8. The van der Waals surface area contributed by atoms with Crippen LogP contribution < -0.4 is 5.73 Å². The maximum Gasteiger partial charge on any atom is 0.242 e. The maximum atomic E-state index is 12.7. The van der Waals surface area contributed by atoms with Crippen LogP contribution in [0.5, 0.6) is 0 Å². The van der Waals surface area contributed by atoms with Gasteiger partial charge in [0.25, 0.3) is 0 Å². The van der Waals surface area contributed by atoms with E-state index in [0.717, 1.165) is 30.8 Å². The Balaban J connectivity index is 0.000000794. The van der Waals surface area contributed by atoms with E-state index in [-0.39, 0.29) is 24.5 Å². The van der Waals surface area contributed by atoms with Gasteiger partial charge in [0, 0.05) is 20.1 Å². The Morgan fingerprint density at radius 2 is 1.71 bits per heavy atom. The third-order valence-corrected chi connectivity index (χ3v) is 6.61. The van der Waals surface area contributed by atoms with E-state index in [0.29, 0.717) is 26.2 Å². The number of nitrogens with two attached hydrogens (primary N) is 1. The van der Waals surface area contributed by atoms with Crippen LogP contribution in [0.15, 0.2) is 80.1 Å². The fourth-order valence-corrected chi connectivity index (χ4v) is 4.11. The average Bonchev–Trinajstić information content (AvgIpc) is 2.90. The molecule has 0 saturated carbocycles. The molecule has 2 saturated heterocycles. The van der Waals surface area contributed by atoms with Gasteiger partial charge in [-0.15, -0.1) is 0 Å². The van der Waals surface area contributed by atoms with Crippen LogP contribution in [0.1, 0.15) is 52.0 Å². The van der Waals surface area contributed by atoms with Crippen molar-refractivity contribution in [2.24, 2.45) is 11.7 Å². The summed E-state index contributed by atoms with van der Waals surface area (Å²) < 4.78 is 0. The molecular formula is C31H49N5O2. The molecule has 1 aromatic rings. The molecular weight excluding hydrogens is 474 g/mol. The number of amides is 2. The molecule has 2 aliphatic rings. The van der Waals surface area contributed by atoms with Crippen molar-refractivity contribution in [2.75, 3.05) is 33.2 Å². The Kier molecular flexibility index (Phi) is 15.7. The molecule has 210 valence electrons. The molecule has 0 bridgehead atoms. The second kappa shape index (κ2) is 18.2. The zero-order chi connectivity index (χ0) is 28.5. The van der Waals surface area contributed by atoms with Crippen molar-refractivity contribution in [1.82, 2.24) is 19.8 Å². The van der Waals surface area contributed by atoms with Crippen LogP contribution in [0.2, 0.25) is 0 Å². The third kappa shape index (κ3) is 11.1. The highest BCUT2D eigenvalue weighted by molar-refractivity contribution is 5.87. The van der Waals surface area contributed by atoms with Gasteiger partial charge in [0.15, 0.2) is 0 Å². The minimum atomic E-state index is -0.126. The summed E-state index contributed by atoms with van der Waals surface area (Å²) in [7, 11) is 1.95. The molecule has 2 amide bonds. The van der Waals surface area contributed by atoms with Crippen LogP contribution in [0, 0.1) is 5.92 Å². The average molecular weight is 524 g/mol. The van der Waals surface area contributed by atoms with E-state index in [2.05, 4.69) is 63.4 Å². The van der Waals surface area contributed by atoms with Crippen LogP contribution in [0.25, 0.3) is 0 Å². The topological polar surface area (TPSA) is 73.1 Å². The molecule has 3 rings (SSSR count). The first-order valence-corrected chi connectivity index (χ1v) is 13.6. The molecule has 1 aromatic carbocycles. The van der Waals surface area contributed by atoms with Gasteiger partial charge in [-0.2, -0.15) is 0 Å². The van der Waals surface area contributed by atoms with Crippen molar-refractivity contribution in [3.63, 3.8) is 0 Å². The fraction of sp³-hybridized carbons (Fsp3) is 0.484. The predicted molar refractivity (Wildman–Crippen MR) is 159 cm³/mol. The monoisotopic (exact) mass is 523 g/mol. The number of unbranched alkanes of at least 4 members (excludes halogenated alkanes) is 1. The molecule has 2 heterocycles. The molecule has 1 atom stereocenters. The Morgan fingerprint density at radius 1 is 1.08 bits per heavy atom. The van der Waals surface area contributed by atoms with Gasteiger partial charge < -0.3 is 15.5 Å². The number of piperazine rings is 1. The number of benzene rings is 1. The SMILES string of the molecule is C=C/C=C(\C=C)CCCCN1CC2N(CC1=O)C(=O)CN(C)N2Cc1ccccc1.C=CN.CCC(C)C. The van der Waals surface area contributed by atoms with E-state index >= 15 is 0 Å². The number of allylic oxidation sites excluding steroid dienone is 4. The summed E-state index contributed by atoms with van der Waals surface area (Å²) in [4.78, 5) is 28.9. The minimum absolute atomic E-state index is 0.0185. The van der Waals surface area contributed by atoms with Crippen LogP contribution >= 0.6 is 0 Å². The Morgan fingerprint density at radius 3 is 2.26 bits per heavy atom. The lowest BCUT2D eigenvalue weighted by molar-refractivity contribution is -0.192. The standard InChI is InChI=1S/C24H32N4O2.C5H12.C2H5N/c1-4-11-20(5-2)12-9-10-15-26-17-22-27(19-23(26)29)24(30)18-25(3)28(22)16-21-13-7-6-8-14-21;1-4-5(2)3;1-2-3/h4-8,11,13-14,22H,1-2,9-10,12,15-19H2,3H3;5H,4H2,1-3H3;2H,1,3H2/b20-11+;;. The molecule has 0 aliphatic carbocycles. The van der Waals surface area contributed by atoms with Gasteiger partial charge in [-0.1, -0.05) is 95.5 Å². The Labute approximate surface area is 230 Å². The lowest BCUT2D eigenvalue weighted by atomic mass is 10.1. The number of nitrogens with zero attached hydrogens (tertiary/aromatic N) is 4. The molecule has 0 aromatic heterocycles. The van der Waals surface area contributed by atoms with Crippen LogP contribution in [0.3, 0.4) is 0 Å². The van der Waals surface area contributed by atoms with E-state index in [4.69, 9.17) is 0 Å². The van der Waals surface area contributed by atoms with Crippen molar-refractivity contribution in [3.8, 4) is 0 Å². The van der Waals surface area contributed by atoms with E-state index < -0.39 is 0 Å². The van der Waals surface area contributed by atoms with Crippen molar-refractivity contribution in [3.05, 3.63) is 85.6 Å². The highest BCUT2D eigenvalue weighted by Gasteiger charge is 2.43. The summed E-state index contributed by atoms with van der Waals surface area (Å²) in [5.74, 6) is 0.939. The molecule has 38 heavy (non-hydrogen) atoms. The number of rotatable bonds is 10. The number of hydrogen-bond acceptors (Lipinski definition) is 5. The summed E-state index contributed by atoms with van der Waals surface area (Å²) >= 11 is 0. The summed E-state index contributed by atoms with van der Waals surface area (Å²) in [5.41, 5.74) is 6.96. The molecule has 1 unspecified atom stereocenters. The summed E-state index contributed by atoms with van der Waals surface area (Å²) in [6.07, 6.45) is 10.9. The summed E-state index contributed by atoms with van der Waals surface area (Å²) in [6, 6.07) is 10.2. The van der Waals surface area contributed by atoms with E-state index in [1.165, 1.54) is 18.2 Å². The van der Waals surface area contributed by atoms with Gasteiger partial charge in [0.2, 0.25) is 11.8 Å². The first kappa shape index (κ1) is 32.9. The zero-order valence-electron chi connectivity index (χ0n) is 24.0. The van der Waals surface area contributed by atoms with Crippen molar-refractivity contribution >= 4 is 11.8 Å². The number of carbonyl (C=O) groups excluding carboxylic acids is 2. The highest BCUT2D eigenvalue weighted by atomic mass is 16.2. The Hall–Kier alpha value is -3.16. The van der Waals surface area contributed by atoms with E-state index in [1.54, 1.807) is 11.0 Å². The molecule has 7 nitrogen and oxygen atoms in total. The predicted octanol–water partition coefficient (Wildman–Crippen LogP) is 4.96. The smallest absolute Gasteiger partial charge is 0.242 e. The number of fused-ring (bicyclic) bond motifs is 1. The fourth-order valence-electron chi connectivity index (χ4n) is 4.11. The number of likely N-dealkylation sites (N-methyl/N-ethyl adjacent to an activating group) is 1. The maximum absolute atomic E-state index is 12.7. The van der Waals surface area contributed by atoms with Crippen LogP contribution in [0.4, 0.5) is 0 Å². The highest BCUT2D eigenvalue weighted by Crippen LogP contribution is 2.24. The molecule has 0 spiro atoms. The second-order valence-electron chi connectivity index (χ2n) is 9.92. The second-order valence-corrected chi connectivity index (χ2v) is 9.92. The molecule has 2 fully saturated rings. The van der Waals surface area contributed by atoms with E-state index in [1.807, 2.05) is 47.3 Å². The minimum Gasteiger partial charge on any atom is -0.405 e. The Bertz CT molecular complexity index is 912. The lowest BCUT2D eigenvalue weighted by Crippen LogP contribution is -2.71. The van der Waals surface area contributed by atoms with Gasteiger partial charge in [0.1, 0.15) is 12.7 Å². The van der Waals surface area contributed by atoms with Crippen molar-refractivity contribution in [1.29, 1.82) is 0 Å². The number of hydrazine groups is 1. The quantitative estimate of drug-likeness (QED) is 0.347. The van der Waals surface area contributed by atoms with Gasteiger partial charge >= 0.3 is 0 Å². The van der Waals surface area contributed by atoms with E-state index in [9.17, 15) is 9.59 Å². The van der Waals surface area contributed by atoms with Gasteiger partial charge in [-0.3, -0.25) is 9.59 Å². The molecule has 2 N–H and O–H groups in total. The third-order valence-electron chi connectivity index (χ3n) is 6.61. The number of carbonyl (C=O) groups is 2. The largest absolute Gasteiger partial charge is 0.405 e. The molecule has 0 radical (unpaired) electrons. The van der Waals surface area contributed by atoms with Gasteiger partial charge in [0.05, 0.1) is 13.1 Å². The van der Waals surface area contributed by atoms with Crippen molar-refractivity contribution in [2.45, 2.75) is 59.2 Å². The van der Waals surface area contributed by atoms with Gasteiger partial charge in [-0.05, 0) is 42.5 Å². The lowest BCUT2D eigenvalue weighted by Gasteiger charge is -2.52. The molecule has 2 aliphatic heterocycles. The first-order chi connectivity index (χ1) is 18.2.